The second-order valence-electron chi connectivity index (χ2n) is 7.36. The monoisotopic (exact) mass is 336 g/mol. The Bertz CT molecular complexity index is 668. The van der Waals surface area contributed by atoms with Gasteiger partial charge in [0.2, 0.25) is 0 Å². The van der Waals surface area contributed by atoms with Crippen LogP contribution < -0.4 is 9.47 Å². The van der Waals surface area contributed by atoms with Gasteiger partial charge < -0.3 is 24.8 Å². The molecule has 1 fully saturated rings. The molecule has 4 atom stereocenters. The van der Waals surface area contributed by atoms with Crippen molar-refractivity contribution in [1.82, 2.24) is 0 Å². The number of methoxy groups -OCH3 is 1. The number of rotatable bonds is 3. The van der Waals surface area contributed by atoms with E-state index in [0.717, 1.165) is 5.56 Å². The summed E-state index contributed by atoms with van der Waals surface area (Å²) in [5, 5.41) is 29.8. The molecule has 1 aromatic rings. The fraction of sp³-hybridized carbons (Fsp3) is 0.611. The molecule has 0 radical (unpaired) electrons. The molecule has 24 heavy (non-hydrogen) atoms. The molecule has 3 N–H and O–H groups in total. The van der Waals surface area contributed by atoms with Crippen LogP contribution in [0.15, 0.2) is 12.1 Å². The van der Waals surface area contributed by atoms with E-state index >= 15 is 0 Å². The van der Waals surface area contributed by atoms with E-state index in [4.69, 9.17) is 9.47 Å². The molecular formula is C18H24O6. The molecule has 1 heterocycles. The summed E-state index contributed by atoms with van der Waals surface area (Å²) in [6.07, 6.45) is 1.31. The van der Waals surface area contributed by atoms with Gasteiger partial charge in [-0.3, -0.25) is 0 Å². The molecule has 0 saturated heterocycles. The lowest BCUT2D eigenvalue weighted by Crippen LogP contribution is -2.51. The maximum Gasteiger partial charge on any atom is 0.339 e. The van der Waals surface area contributed by atoms with Crippen molar-refractivity contribution in [1.29, 1.82) is 0 Å². The fourth-order valence-corrected chi connectivity index (χ4v) is 3.93. The molecule has 1 saturated carbocycles. The zero-order valence-corrected chi connectivity index (χ0v) is 14.2. The van der Waals surface area contributed by atoms with Crippen molar-refractivity contribution in [3.05, 3.63) is 23.3 Å². The molecule has 1 unspecified atom stereocenters. The van der Waals surface area contributed by atoms with Crippen molar-refractivity contribution in [3.8, 4) is 11.5 Å². The zero-order chi connectivity index (χ0) is 17.7. The Morgan fingerprint density at radius 3 is 2.67 bits per heavy atom. The van der Waals surface area contributed by atoms with Crippen molar-refractivity contribution < 1.29 is 29.6 Å². The minimum Gasteiger partial charge on any atom is -0.496 e. The Labute approximate surface area is 141 Å². The van der Waals surface area contributed by atoms with Crippen LogP contribution in [-0.4, -0.2) is 45.7 Å². The van der Waals surface area contributed by atoms with Gasteiger partial charge in [-0.1, -0.05) is 0 Å². The fourth-order valence-electron chi connectivity index (χ4n) is 3.93. The first-order valence-corrected chi connectivity index (χ1v) is 8.20. The summed E-state index contributed by atoms with van der Waals surface area (Å²) < 4.78 is 11.5. The van der Waals surface area contributed by atoms with Crippen LogP contribution in [0.3, 0.4) is 0 Å². The maximum absolute atomic E-state index is 11.5. The summed E-state index contributed by atoms with van der Waals surface area (Å²) in [6, 6.07) is 3.14. The third-order valence-corrected chi connectivity index (χ3v) is 5.62. The van der Waals surface area contributed by atoms with Crippen LogP contribution in [0.5, 0.6) is 11.5 Å². The van der Waals surface area contributed by atoms with E-state index < -0.39 is 23.3 Å². The lowest BCUT2D eigenvalue weighted by atomic mass is 9.70. The highest BCUT2D eigenvalue weighted by Gasteiger charge is 2.49. The minimum atomic E-state index is -1.08. The molecule has 0 spiro atoms. The smallest absolute Gasteiger partial charge is 0.339 e. The Morgan fingerprint density at radius 1 is 1.38 bits per heavy atom. The van der Waals surface area contributed by atoms with Crippen LogP contribution >= 0.6 is 0 Å². The lowest BCUT2D eigenvalue weighted by Gasteiger charge is -2.43. The molecule has 6 nitrogen and oxygen atoms in total. The standard InChI is InChI=1S/C18H24O6/c1-17(22)7-6-10(8-14(17)19)18(2)9-12-13(23-3)5-4-11(16(20)21)15(12)24-18/h4-5,10,14,19,22H,6-9H2,1-3H3,(H,20,21)/t10?,14-,17+,18-/m1/s1. The number of carbonyl (C=O) groups is 1. The summed E-state index contributed by atoms with van der Waals surface area (Å²) in [5.41, 5.74) is -0.828. The van der Waals surface area contributed by atoms with Gasteiger partial charge in [-0.25, -0.2) is 4.79 Å². The molecular weight excluding hydrogens is 312 g/mol. The number of fused-ring (bicyclic) bond motifs is 1. The molecule has 1 aliphatic heterocycles. The summed E-state index contributed by atoms with van der Waals surface area (Å²) in [5.74, 6) is -0.0468. The van der Waals surface area contributed by atoms with Crippen LogP contribution in [0.2, 0.25) is 0 Å². The molecule has 3 rings (SSSR count). The average molecular weight is 336 g/mol. The third-order valence-electron chi connectivity index (χ3n) is 5.62. The number of ether oxygens (including phenoxy) is 2. The maximum atomic E-state index is 11.5. The minimum absolute atomic E-state index is 0.0199. The van der Waals surface area contributed by atoms with Crippen LogP contribution in [0.1, 0.15) is 49.0 Å². The number of aliphatic hydroxyl groups excluding tert-OH is 1. The van der Waals surface area contributed by atoms with Gasteiger partial charge in [0, 0.05) is 17.9 Å². The summed E-state index contributed by atoms with van der Waals surface area (Å²) >= 11 is 0. The van der Waals surface area contributed by atoms with E-state index in [1.54, 1.807) is 20.1 Å². The topological polar surface area (TPSA) is 96.2 Å². The van der Waals surface area contributed by atoms with Crippen LogP contribution in [0.25, 0.3) is 0 Å². The highest BCUT2D eigenvalue weighted by molar-refractivity contribution is 5.92. The molecule has 6 heteroatoms. The highest BCUT2D eigenvalue weighted by Crippen LogP contribution is 2.49. The van der Waals surface area contributed by atoms with Gasteiger partial charge in [-0.05, 0) is 45.2 Å². The van der Waals surface area contributed by atoms with Crippen molar-refractivity contribution in [2.24, 2.45) is 5.92 Å². The zero-order valence-electron chi connectivity index (χ0n) is 14.2. The largest absolute Gasteiger partial charge is 0.496 e. The molecule has 0 bridgehead atoms. The molecule has 1 aliphatic carbocycles. The van der Waals surface area contributed by atoms with E-state index in [1.807, 2.05) is 6.92 Å². The second-order valence-corrected chi connectivity index (χ2v) is 7.36. The number of aliphatic hydroxyl groups is 2. The van der Waals surface area contributed by atoms with E-state index in [-0.39, 0.29) is 11.5 Å². The van der Waals surface area contributed by atoms with Gasteiger partial charge in [0.05, 0.1) is 18.8 Å². The number of benzene rings is 1. The summed E-state index contributed by atoms with van der Waals surface area (Å²) in [6.45, 7) is 3.58. The van der Waals surface area contributed by atoms with E-state index in [2.05, 4.69) is 0 Å². The quantitative estimate of drug-likeness (QED) is 0.781. The lowest BCUT2D eigenvalue weighted by molar-refractivity contribution is -0.121. The SMILES string of the molecule is COc1ccc(C(=O)O)c2c1C[C@](C)(C1CC[C@](C)(O)[C@H](O)C1)O2. The van der Waals surface area contributed by atoms with Crippen molar-refractivity contribution >= 4 is 5.97 Å². The number of hydrogen-bond donors (Lipinski definition) is 3. The van der Waals surface area contributed by atoms with Crippen molar-refractivity contribution in [2.75, 3.05) is 7.11 Å². The molecule has 0 aromatic heterocycles. The Morgan fingerprint density at radius 2 is 2.08 bits per heavy atom. The normalized spacial score (nSPS) is 35.2. The van der Waals surface area contributed by atoms with Crippen molar-refractivity contribution in [3.63, 3.8) is 0 Å². The summed E-state index contributed by atoms with van der Waals surface area (Å²) in [4.78, 5) is 11.5. The molecule has 132 valence electrons. The Kier molecular flexibility index (Phi) is 4.00. The molecule has 1 aromatic carbocycles. The summed E-state index contributed by atoms with van der Waals surface area (Å²) in [7, 11) is 1.55. The predicted molar refractivity (Wildman–Crippen MR) is 86.7 cm³/mol. The number of aromatic carboxylic acids is 1. The van der Waals surface area contributed by atoms with Crippen LogP contribution in [0, 0.1) is 5.92 Å². The van der Waals surface area contributed by atoms with Gasteiger partial charge in [-0.15, -0.1) is 0 Å². The van der Waals surface area contributed by atoms with E-state index in [0.29, 0.717) is 37.2 Å². The van der Waals surface area contributed by atoms with Gasteiger partial charge in [0.15, 0.2) is 0 Å². The van der Waals surface area contributed by atoms with Gasteiger partial charge >= 0.3 is 5.97 Å². The van der Waals surface area contributed by atoms with Crippen molar-refractivity contribution in [2.45, 2.75) is 56.8 Å². The highest BCUT2D eigenvalue weighted by atomic mass is 16.5. The van der Waals surface area contributed by atoms with Gasteiger partial charge in [0.1, 0.15) is 22.7 Å². The van der Waals surface area contributed by atoms with Crippen LogP contribution in [-0.2, 0) is 6.42 Å². The first-order valence-electron chi connectivity index (χ1n) is 8.20. The predicted octanol–water partition coefficient (Wildman–Crippen LogP) is 2.00. The first-order chi connectivity index (χ1) is 11.2. The molecule has 0 amide bonds. The van der Waals surface area contributed by atoms with E-state index in [9.17, 15) is 20.1 Å². The second kappa shape index (κ2) is 5.63. The first kappa shape index (κ1) is 17.0. The number of carboxylic acid groups (broad SMARTS) is 1. The Balaban J connectivity index is 1.92. The number of hydrogen-bond acceptors (Lipinski definition) is 5. The Hall–Kier alpha value is -1.79. The van der Waals surface area contributed by atoms with Gasteiger partial charge in [0.25, 0.3) is 0 Å². The van der Waals surface area contributed by atoms with Crippen LogP contribution in [0.4, 0.5) is 0 Å². The average Bonchev–Trinajstić information content (AvgIpc) is 2.87. The third kappa shape index (κ3) is 2.63. The molecule has 2 aliphatic rings. The van der Waals surface area contributed by atoms with E-state index in [1.165, 1.54) is 6.07 Å². The van der Waals surface area contributed by atoms with Gasteiger partial charge in [-0.2, -0.15) is 0 Å². The number of carboxylic acids is 1.